The molecule has 1 aromatic heterocycles. The van der Waals surface area contributed by atoms with E-state index in [0.717, 1.165) is 0 Å². The zero-order valence-corrected chi connectivity index (χ0v) is 32.0. The van der Waals surface area contributed by atoms with Crippen LogP contribution in [0.3, 0.4) is 0 Å². The van der Waals surface area contributed by atoms with Crippen molar-refractivity contribution < 1.29 is 0 Å². The van der Waals surface area contributed by atoms with Gasteiger partial charge in [0.05, 0.1) is 0 Å². The van der Waals surface area contributed by atoms with Crippen molar-refractivity contribution in [3.8, 4) is 44.5 Å². The highest BCUT2D eigenvalue weighted by Crippen LogP contribution is 2.55. The Kier molecular flexibility index (Phi) is 6.66. The van der Waals surface area contributed by atoms with Crippen LogP contribution in [-0.4, -0.2) is 0 Å². The Morgan fingerprint density at radius 1 is 0.321 bits per heavy atom. The van der Waals surface area contributed by atoms with E-state index in [4.69, 9.17) is 0 Å². The Hall–Kier alpha value is -6.54. The first-order valence-corrected chi connectivity index (χ1v) is 20.4. The van der Waals surface area contributed by atoms with E-state index in [9.17, 15) is 0 Å². The van der Waals surface area contributed by atoms with Gasteiger partial charge in [0, 0.05) is 25.6 Å². The summed E-state index contributed by atoms with van der Waals surface area (Å²) in [6.07, 6.45) is 0. The third-order valence-electron chi connectivity index (χ3n) is 12.6. The first-order valence-electron chi connectivity index (χ1n) is 19.6. The smallest absolute Gasteiger partial charge is 0.0355 e. The van der Waals surface area contributed by atoms with E-state index in [1.165, 1.54) is 119 Å². The van der Waals surface area contributed by atoms with Gasteiger partial charge in [-0.1, -0.05) is 172 Å². The van der Waals surface area contributed by atoms with Crippen LogP contribution in [-0.2, 0) is 5.41 Å². The summed E-state index contributed by atoms with van der Waals surface area (Å²) in [4.78, 5) is 0. The largest absolute Gasteiger partial charge is 0.135 e. The maximum Gasteiger partial charge on any atom is 0.0355 e. The van der Waals surface area contributed by atoms with Crippen LogP contribution in [0.1, 0.15) is 25.0 Å². The zero-order chi connectivity index (χ0) is 37.1. The second-order valence-electron chi connectivity index (χ2n) is 16.0. The second-order valence-corrected chi connectivity index (χ2v) is 17.0. The van der Waals surface area contributed by atoms with Gasteiger partial charge in [0.15, 0.2) is 0 Å². The molecule has 12 rings (SSSR count). The highest BCUT2D eigenvalue weighted by molar-refractivity contribution is 7.25. The fourth-order valence-corrected chi connectivity index (χ4v) is 11.2. The van der Waals surface area contributed by atoms with Crippen molar-refractivity contribution in [1.29, 1.82) is 0 Å². The van der Waals surface area contributed by atoms with Gasteiger partial charge in [0.2, 0.25) is 0 Å². The molecule has 0 fully saturated rings. The summed E-state index contributed by atoms with van der Waals surface area (Å²) in [5.41, 5.74) is 13.1. The van der Waals surface area contributed by atoms with Crippen LogP contribution in [0.5, 0.6) is 0 Å². The predicted octanol–water partition coefficient (Wildman–Crippen LogP) is 16.0. The molecule has 262 valence electrons. The number of rotatable bonds is 3. The normalized spacial score (nSPS) is 13.3. The molecule has 0 amide bonds. The van der Waals surface area contributed by atoms with Crippen LogP contribution in [0.15, 0.2) is 182 Å². The van der Waals surface area contributed by atoms with E-state index in [0.29, 0.717) is 0 Å². The summed E-state index contributed by atoms with van der Waals surface area (Å²) in [5.74, 6) is 0. The molecular formula is C55H36S. The van der Waals surface area contributed by atoms with Crippen molar-refractivity contribution in [3.63, 3.8) is 0 Å². The van der Waals surface area contributed by atoms with Crippen LogP contribution < -0.4 is 0 Å². The minimum atomic E-state index is -0.103. The molecule has 0 nitrogen and oxygen atoms in total. The van der Waals surface area contributed by atoms with Crippen molar-refractivity contribution in [3.05, 3.63) is 193 Å². The van der Waals surface area contributed by atoms with Crippen LogP contribution in [0.2, 0.25) is 0 Å². The molecule has 0 saturated carbocycles. The molecule has 0 radical (unpaired) electrons. The summed E-state index contributed by atoms with van der Waals surface area (Å²) in [6, 6.07) is 68.2. The summed E-state index contributed by atoms with van der Waals surface area (Å²) in [5, 5.41) is 13.1. The van der Waals surface area contributed by atoms with Gasteiger partial charge in [-0.05, 0) is 123 Å². The Morgan fingerprint density at radius 3 is 1.41 bits per heavy atom. The minimum absolute atomic E-state index is 0.103. The quantitative estimate of drug-likeness (QED) is 0.126. The molecule has 1 heterocycles. The van der Waals surface area contributed by atoms with Gasteiger partial charge in [-0.15, -0.1) is 11.3 Å². The standard InChI is InChI=1S/C55H36S/c1-55(2)48-29-27-35(31-47(48)53-40-16-5-3-13-37(40)38-14-4-10-21-45(38)54(53)55)33-23-25-34(26-24-33)51-41-17-6-8-19-43(41)52(44-20-9-7-18-42(44)51)36-28-30-50-46(32-36)39-15-11-12-22-49(39)56-50/h3-32H,1-2H3. The lowest BCUT2D eigenvalue weighted by atomic mass is 9.79. The predicted molar refractivity (Wildman–Crippen MR) is 243 cm³/mol. The van der Waals surface area contributed by atoms with Crippen LogP contribution in [0.25, 0.3) is 108 Å². The molecule has 56 heavy (non-hydrogen) atoms. The molecule has 0 atom stereocenters. The fraction of sp³-hybridized carbons (Fsp3) is 0.0545. The number of fused-ring (bicyclic) bond motifs is 13. The van der Waals surface area contributed by atoms with Crippen molar-refractivity contribution in [2.75, 3.05) is 0 Å². The average molecular weight is 729 g/mol. The van der Waals surface area contributed by atoms with Crippen LogP contribution in [0, 0.1) is 0 Å². The maximum absolute atomic E-state index is 2.45. The molecule has 11 aromatic rings. The lowest BCUT2D eigenvalue weighted by Gasteiger charge is -2.24. The molecule has 0 saturated heterocycles. The second kappa shape index (κ2) is 11.7. The zero-order valence-electron chi connectivity index (χ0n) is 31.2. The van der Waals surface area contributed by atoms with Gasteiger partial charge in [0.25, 0.3) is 0 Å². The third-order valence-corrected chi connectivity index (χ3v) is 13.8. The van der Waals surface area contributed by atoms with Crippen molar-refractivity contribution in [2.45, 2.75) is 19.3 Å². The summed E-state index contributed by atoms with van der Waals surface area (Å²) >= 11 is 1.88. The van der Waals surface area contributed by atoms with Gasteiger partial charge in [-0.2, -0.15) is 0 Å². The molecule has 0 N–H and O–H groups in total. The SMILES string of the molecule is CC1(C)c2ccc(-c3ccc(-c4c5ccccc5c(-c5ccc6sc7ccccc7c6c5)c5ccccc45)cc3)cc2-c2c1c1ccccc1c1ccccc21. The summed E-state index contributed by atoms with van der Waals surface area (Å²) < 4.78 is 2.67. The van der Waals surface area contributed by atoms with Gasteiger partial charge in [0.1, 0.15) is 0 Å². The van der Waals surface area contributed by atoms with E-state index in [1.54, 1.807) is 0 Å². The number of hydrogen-bond donors (Lipinski definition) is 0. The monoisotopic (exact) mass is 728 g/mol. The van der Waals surface area contributed by atoms with Gasteiger partial charge < -0.3 is 0 Å². The highest BCUT2D eigenvalue weighted by atomic mass is 32.1. The van der Waals surface area contributed by atoms with Crippen LogP contribution in [0.4, 0.5) is 0 Å². The highest BCUT2D eigenvalue weighted by Gasteiger charge is 2.38. The minimum Gasteiger partial charge on any atom is -0.135 e. The molecule has 0 aliphatic heterocycles. The Morgan fingerprint density at radius 2 is 0.768 bits per heavy atom. The van der Waals surface area contributed by atoms with Crippen molar-refractivity contribution in [2.24, 2.45) is 0 Å². The molecule has 1 aliphatic rings. The number of thiophene rings is 1. The van der Waals surface area contributed by atoms with E-state index in [1.807, 2.05) is 11.3 Å². The van der Waals surface area contributed by atoms with Gasteiger partial charge >= 0.3 is 0 Å². The average Bonchev–Trinajstić information content (AvgIpc) is 3.74. The molecule has 1 heteroatoms. The van der Waals surface area contributed by atoms with E-state index < -0.39 is 0 Å². The molecule has 0 bridgehead atoms. The third kappa shape index (κ3) is 4.41. The number of benzene rings is 10. The van der Waals surface area contributed by atoms with E-state index >= 15 is 0 Å². The molecule has 0 unspecified atom stereocenters. The number of hydrogen-bond acceptors (Lipinski definition) is 1. The maximum atomic E-state index is 2.45. The fourth-order valence-electron chi connectivity index (χ4n) is 10.1. The topological polar surface area (TPSA) is 0 Å². The van der Waals surface area contributed by atoms with Gasteiger partial charge in [-0.3, -0.25) is 0 Å². The summed E-state index contributed by atoms with van der Waals surface area (Å²) in [6.45, 7) is 4.80. The lowest BCUT2D eigenvalue weighted by molar-refractivity contribution is 0.666. The summed E-state index contributed by atoms with van der Waals surface area (Å²) in [7, 11) is 0. The van der Waals surface area contributed by atoms with Gasteiger partial charge in [-0.25, -0.2) is 0 Å². The Bertz CT molecular complexity index is 3370. The van der Waals surface area contributed by atoms with E-state index in [2.05, 4.69) is 196 Å². The Labute approximate surface area is 329 Å². The van der Waals surface area contributed by atoms with E-state index in [-0.39, 0.29) is 5.41 Å². The van der Waals surface area contributed by atoms with Crippen molar-refractivity contribution in [1.82, 2.24) is 0 Å². The molecule has 10 aromatic carbocycles. The van der Waals surface area contributed by atoms with Crippen LogP contribution >= 0.6 is 11.3 Å². The first kappa shape index (κ1) is 31.8. The molecule has 0 spiro atoms. The molecular weight excluding hydrogens is 693 g/mol. The lowest BCUT2D eigenvalue weighted by Crippen LogP contribution is -2.15. The van der Waals surface area contributed by atoms with Crippen molar-refractivity contribution >= 4 is 74.6 Å². The molecule has 1 aliphatic carbocycles. The Balaban J connectivity index is 1.01. The first-order chi connectivity index (χ1) is 27.5.